The summed E-state index contributed by atoms with van der Waals surface area (Å²) in [5.74, 6) is 0. The predicted octanol–water partition coefficient (Wildman–Crippen LogP) is 1.36. The fourth-order valence-electron chi connectivity index (χ4n) is 3.02. The van der Waals surface area contributed by atoms with Crippen LogP contribution in [-0.4, -0.2) is 37.0 Å². The first-order valence-corrected chi connectivity index (χ1v) is 7.02. The Morgan fingerprint density at radius 1 is 1.26 bits per heavy atom. The van der Waals surface area contributed by atoms with Gasteiger partial charge in [0.2, 0.25) is 0 Å². The number of nitrogens with one attached hydrogen (secondary N) is 2. The molecule has 1 aromatic carbocycles. The Morgan fingerprint density at radius 2 is 2.05 bits per heavy atom. The summed E-state index contributed by atoms with van der Waals surface area (Å²) in [6.45, 7) is 6.46. The van der Waals surface area contributed by atoms with Crippen molar-refractivity contribution in [2.45, 2.75) is 33.0 Å². The normalized spacial score (nSPS) is 25.0. The zero-order valence-corrected chi connectivity index (χ0v) is 12.0. The molecule has 0 amide bonds. The Kier molecular flexibility index (Phi) is 3.29. The van der Waals surface area contributed by atoms with E-state index < -0.39 is 0 Å². The molecule has 1 aliphatic carbocycles. The van der Waals surface area contributed by atoms with Crippen molar-refractivity contribution in [3.63, 3.8) is 0 Å². The van der Waals surface area contributed by atoms with E-state index in [0.717, 1.165) is 25.9 Å². The van der Waals surface area contributed by atoms with Crippen LogP contribution in [0.5, 0.6) is 0 Å². The standard InChI is InChI=1S/C15H22N4/c1-10-4-5-11(2)14-12(10)6-7-13(14)17-18-15-16-8-9-19(15)3/h4-5,15-16,18H,6-9H2,1-3H3. The van der Waals surface area contributed by atoms with Gasteiger partial charge in [0.05, 0.1) is 5.71 Å². The van der Waals surface area contributed by atoms with E-state index in [0.29, 0.717) is 0 Å². The molecule has 19 heavy (non-hydrogen) atoms. The largest absolute Gasteiger partial charge is 0.282 e. The van der Waals surface area contributed by atoms with Gasteiger partial charge >= 0.3 is 0 Å². The summed E-state index contributed by atoms with van der Waals surface area (Å²) < 4.78 is 0. The molecule has 0 spiro atoms. The number of hydrogen-bond acceptors (Lipinski definition) is 4. The maximum absolute atomic E-state index is 4.66. The van der Waals surface area contributed by atoms with Gasteiger partial charge in [0, 0.05) is 18.7 Å². The Labute approximate surface area is 114 Å². The second-order valence-electron chi connectivity index (χ2n) is 5.58. The molecule has 2 N–H and O–H groups in total. The van der Waals surface area contributed by atoms with Gasteiger partial charge in [-0.3, -0.25) is 15.6 Å². The minimum atomic E-state index is 0.168. The van der Waals surface area contributed by atoms with Gasteiger partial charge in [-0.15, -0.1) is 0 Å². The van der Waals surface area contributed by atoms with Gasteiger partial charge in [0.15, 0.2) is 0 Å². The quantitative estimate of drug-likeness (QED) is 0.787. The van der Waals surface area contributed by atoms with Crippen LogP contribution in [0.15, 0.2) is 17.2 Å². The van der Waals surface area contributed by atoms with E-state index in [4.69, 9.17) is 0 Å². The Balaban J connectivity index is 1.84. The lowest BCUT2D eigenvalue weighted by Gasteiger charge is -2.19. The molecule has 1 heterocycles. The smallest absolute Gasteiger partial charge is 0.150 e. The van der Waals surface area contributed by atoms with Crippen molar-refractivity contribution in [2.75, 3.05) is 20.1 Å². The summed E-state index contributed by atoms with van der Waals surface area (Å²) in [5, 5.41) is 8.05. The molecule has 102 valence electrons. The van der Waals surface area contributed by atoms with Crippen molar-refractivity contribution in [2.24, 2.45) is 5.10 Å². The van der Waals surface area contributed by atoms with Gasteiger partial charge < -0.3 is 0 Å². The van der Waals surface area contributed by atoms with Gasteiger partial charge in [-0.2, -0.15) is 5.10 Å². The summed E-state index contributed by atoms with van der Waals surface area (Å²) in [7, 11) is 2.11. The van der Waals surface area contributed by atoms with Crippen LogP contribution in [0.4, 0.5) is 0 Å². The maximum atomic E-state index is 4.66. The molecule has 0 aromatic heterocycles. The van der Waals surface area contributed by atoms with E-state index in [2.05, 4.69) is 53.8 Å². The number of hydrogen-bond donors (Lipinski definition) is 2. The molecule has 2 aliphatic rings. The average molecular weight is 258 g/mol. The highest BCUT2D eigenvalue weighted by atomic mass is 15.5. The first-order chi connectivity index (χ1) is 9.16. The monoisotopic (exact) mass is 258 g/mol. The first-order valence-electron chi connectivity index (χ1n) is 7.02. The van der Waals surface area contributed by atoms with Crippen LogP contribution >= 0.6 is 0 Å². The molecule has 3 rings (SSSR count). The van der Waals surface area contributed by atoms with Gasteiger partial charge in [-0.05, 0) is 50.4 Å². The van der Waals surface area contributed by atoms with Gasteiger partial charge in [-0.1, -0.05) is 12.1 Å². The van der Waals surface area contributed by atoms with E-state index in [1.165, 1.54) is 28.0 Å². The number of aryl methyl sites for hydroxylation is 2. The highest BCUT2D eigenvalue weighted by molar-refractivity contribution is 6.05. The number of hydrazone groups is 1. The summed E-state index contributed by atoms with van der Waals surface area (Å²) >= 11 is 0. The Morgan fingerprint density at radius 3 is 2.79 bits per heavy atom. The zero-order chi connectivity index (χ0) is 13.4. The van der Waals surface area contributed by atoms with E-state index in [-0.39, 0.29) is 6.29 Å². The molecule has 4 nitrogen and oxygen atoms in total. The van der Waals surface area contributed by atoms with Crippen molar-refractivity contribution in [1.29, 1.82) is 0 Å². The fourth-order valence-corrected chi connectivity index (χ4v) is 3.02. The molecule has 0 saturated carbocycles. The van der Waals surface area contributed by atoms with Gasteiger partial charge in [0.1, 0.15) is 6.29 Å². The molecule has 1 saturated heterocycles. The van der Waals surface area contributed by atoms with Crippen LogP contribution in [0.25, 0.3) is 0 Å². The number of benzene rings is 1. The van der Waals surface area contributed by atoms with E-state index in [9.17, 15) is 0 Å². The SMILES string of the molecule is Cc1ccc(C)c2c1CCC2=NNC1NCCN1C. The van der Waals surface area contributed by atoms with Crippen LogP contribution in [0, 0.1) is 13.8 Å². The number of nitrogens with zero attached hydrogens (tertiary/aromatic N) is 2. The van der Waals surface area contributed by atoms with Crippen molar-refractivity contribution >= 4 is 5.71 Å². The van der Waals surface area contributed by atoms with Crippen LogP contribution in [0.2, 0.25) is 0 Å². The summed E-state index contributed by atoms with van der Waals surface area (Å²) in [4.78, 5) is 2.24. The third-order valence-electron chi connectivity index (χ3n) is 4.22. The zero-order valence-electron chi connectivity index (χ0n) is 12.0. The van der Waals surface area contributed by atoms with Crippen LogP contribution in [0.1, 0.15) is 28.7 Å². The lowest BCUT2D eigenvalue weighted by molar-refractivity contribution is 0.251. The summed E-state index contributed by atoms with van der Waals surface area (Å²) in [6, 6.07) is 4.42. The average Bonchev–Trinajstić information content (AvgIpc) is 2.98. The van der Waals surface area contributed by atoms with Gasteiger partial charge in [0.25, 0.3) is 0 Å². The lowest BCUT2D eigenvalue weighted by atomic mass is 9.99. The topological polar surface area (TPSA) is 39.7 Å². The third kappa shape index (κ3) is 2.26. The molecular weight excluding hydrogens is 236 g/mol. The molecule has 0 bridgehead atoms. The molecule has 1 fully saturated rings. The second kappa shape index (κ2) is 4.94. The Bertz CT molecular complexity index is 521. The Hall–Kier alpha value is -1.39. The minimum absolute atomic E-state index is 0.168. The number of rotatable bonds is 2. The summed E-state index contributed by atoms with van der Waals surface area (Å²) in [6.07, 6.45) is 2.34. The molecule has 1 aromatic rings. The van der Waals surface area contributed by atoms with Crippen molar-refractivity contribution in [3.05, 3.63) is 34.4 Å². The van der Waals surface area contributed by atoms with E-state index >= 15 is 0 Å². The molecule has 1 unspecified atom stereocenters. The first kappa shape index (κ1) is 12.6. The second-order valence-corrected chi connectivity index (χ2v) is 5.58. The highest BCUT2D eigenvalue weighted by Gasteiger charge is 2.23. The molecule has 1 atom stereocenters. The number of likely N-dealkylation sites (N-methyl/N-ethyl adjacent to an activating group) is 1. The van der Waals surface area contributed by atoms with Crippen LogP contribution in [-0.2, 0) is 6.42 Å². The van der Waals surface area contributed by atoms with Crippen molar-refractivity contribution in [1.82, 2.24) is 15.6 Å². The molecule has 0 radical (unpaired) electrons. The van der Waals surface area contributed by atoms with Crippen LogP contribution in [0.3, 0.4) is 0 Å². The summed E-state index contributed by atoms with van der Waals surface area (Å²) in [5.41, 5.74) is 10.0. The third-order valence-corrected chi connectivity index (χ3v) is 4.22. The van der Waals surface area contributed by atoms with E-state index in [1.807, 2.05) is 0 Å². The number of fused-ring (bicyclic) bond motifs is 1. The fraction of sp³-hybridized carbons (Fsp3) is 0.533. The molecule has 1 aliphatic heterocycles. The van der Waals surface area contributed by atoms with Crippen molar-refractivity contribution in [3.8, 4) is 0 Å². The molecular formula is C15H22N4. The highest BCUT2D eigenvalue weighted by Crippen LogP contribution is 2.28. The van der Waals surface area contributed by atoms with Gasteiger partial charge in [-0.25, -0.2) is 0 Å². The van der Waals surface area contributed by atoms with Crippen LogP contribution < -0.4 is 10.7 Å². The maximum Gasteiger partial charge on any atom is 0.150 e. The van der Waals surface area contributed by atoms with Crippen molar-refractivity contribution < 1.29 is 0 Å². The molecule has 4 heteroatoms. The predicted molar refractivity (Wildman–Crippen MR) is 78.3 cm³/mol. The lowest BCUT2D eigenvalue weighted by Crippen LogP contribution is -2.43. The minimum Gasteiger partial charge on any atom is -0.282 e. The van der Waals surface area contributed by atoms with E-state index in [1.54, 1.807) is 0 Å².